The lowest BCUT2D eigenvalue weighted by Gasteiger charge is -2.26. The lowest BCUT2D eigenvalue weighted by molar-refractivity contribution is -0.143. The number of benzodiazepines with no additional fused rings is 2. The minimum atomic E-state index is -4.49. The summed E-state index contributed by atoms with van der Waals surface area (Å²) in [4.78, 5) is 62.7. The number of tetrazole rings is 2. The maximum absolute atomic E-state index is 13.8. The van der Waals surface area contributed by atoms with Gasteiger partial charge in [0.1, 0.15) is 0 Å². The number of carboxylic acid groups (broad SMARTS) is 1. The molecule has 8 rings (SSSR count). The van der Waals surface area contributed by atoms with Gasteiger partial charge in [0.05, 0.1) is 39.8 Å². The molecule has 444 valence electrons. The minimum Gasteiger partial charge on any atom is -0.481 e. The van der Waals surface area contributed by atoms with Crippen LogP contribution in [0.1, 0.15) is 138 Å². The molecular formula is C58H70F6N14O5. The van der Waals surface area contributed by atoms with Crippen molar-refractivity contribution in [3.05, 3.63) is 142 Å². The summed E-state index contributed by atoms with van der Waals surface area (Å²) in [5.41, 5.74) is 8.16. The number of carboxylic acids is 1. The van der Waals surface area contributed by atoms with Gasteiger partial charge in [-0.05, 0) is 94.8 Å². The number of benzene rings is 4. The number of halogens is 6. The Hall–Kier alpha value is -8.22. The number of amides is 3. The predicted molar refractivity (Wildman–Crippen MR) is 300 cm³/mol. The number of aliphatic carboxylic acids is 1. The van der Waals surface area contributed by atoms with Gasteiger partial charge in [-0.1, -0.05) is 116 Å². The molecular weight excluding hydrogens is 1090 g/mol. The van der Waals surface area contributed by atoms with Gasteiger partial charge in [-0.25, -0.2) is 14.4 Å². The third kappa shape index (κ3) is 15.7. The number of aryl methyl sites for hydroxylation is 2. The molecule has 0 fully saturated rings. The number of carbonyl (C=O) groups excluding carboxylic acids is 3. The van der Waals surface area contributed by atoms with Gasteiger partial charge in [0, 0.05) is 67.2 Å². The summed E-state index contributed by atoms with van der Waals surface area (Å²) in [6.07, 6.45) is -8.43. The number of likely N-dealkylation sites (N-methyl/N-ethyl adjacent to an activating group) is 2. The van der Waals surface area contributed by atoms with Crippen molar-refractivity contribution in [3.63, 3.8) is 0 Å². The number of carbonyl (C=O) groups is 4. The van der Waals surface area contributed by atoms with Crippen LogP contribution in [0, 0.1) is 23.7 Å². The number of rotatable bonds is 17. The van der Waals surface area contributed by atoms with Crippen LogP contribution in [-0.2, 0) is 44.6 Å². The minimum absolute atomic E-state index is 0.159. The quantitative estimate of drug-likeness (QED) is 0.0723. The number of anilines is 2. The zero-order valence-corrected chi connectivity index (χ0v) is 47.9. The van der Waals surface area contributed by atoms with Crippen molar-refractivity contribution < 1.29 is 50.6 Å². The van der Waals surface area contributed by atoms with Crippen molar-refractivity contribution >= 4 is 46.5 Å². The van der Waals surface area contributed by atoms with E-state index in [-0.39, 0.29) is 29.6 Å². The van der Waals surface area contributed by atoms with Crippen LogP contribution >= 0.6 is 0 Å². The molecule has 0 unspecified atom stereocenters. The molecule has 0 saturated carbocycles. The first-order chi connectivity index (χ1) is 39.2. The van der Waals surface area contributed by atoms with Gasteiger partial charge >= 0.3 is 18.3 Å². The van der Waals surface area contributed by atoms with Crippen LogP contribution in [0.4, 0.5) is 37.7 Å². The Kier molecular flexibility index (Phi) is 21.3. The van der Waals surface area contributed by atoms with Gasteiger partial charge in [-0.3, -0.25) is 24.2 Å². The monoisotopic (exact) mass is 1160 g/mol. The number of fused-ring (bicyclic) bond motifs is 2. The van der Waals surface area contributed by atoms with E-state index in [0.29, 0.717) is 82.0 Å². The van der Waals surface area contributed by atoms with E-state index in [2.05, 4.69) is 46.4 Å². The zero-order valence-electron chi connectivity index (χ0n) is 47.9. The van der Waals surface area contributed by atoms with E-state index in [9.17, 15) is 50.6 Å². The standard InChI is InChI=1S/C29H34F3N7O2.C17H14F3N3O.C12H22N4O2/c1-6-15-39-26(35-36-37-39)18(4)22(16-17(2)3)27(40)34-25-28(41)38(5)23-10-8-7-9-21(23)24(33-25)19-11-13-20(14-12-19)29(30,31)32;1-23-13-5-3-2-4-12(13)14(22-15(21)16(23)24)10-6-8-11(9-7-10)17(18,19)20;1-5-6-16-11(13-14-15-16)9(4)10(12(17)18)7-8(2)3/h7-14,17-18,22,25H,6,15-16H2,1-5H3,(H,34,40);2-9,15H,21H2,1H3;8-10H,5-7H2,1-4H3,(H,17,18)/t18-,22-,25-;15-;9-,10-/m101/s1. The molecule has 19 nitrogen and oxygen atoms in total. The molecule has 2 aliphatic rings. The number of hydrogen-bond acceptors (Lipinski definition) is 13. The van der Waals surface area contributed by atoms with Crippen molar-refractivity contribution in [3.8, 4) is 0 Å². The number of nitrogens with one attached hydrogen (secondary N) is 1. The van der Waals surface area contributed by atoms with Crippen molar-refractivity contribution in [1.82, 2.24) is 45.7 Å². The average Bonchev–Trinajstić information content (AvgIpc) is 4.24. The maximum Gasteiger partial charge on any atom is 0.416 e. The van der Waals surface area contributed by atoms with E-state index < -0.39 is 59.5 Å². The summed E-state index contributed by atoms with van der Waals surface area (Å²) in [6, 6.07) is 23.3. The van der Waals surface area contributed by atoms with Crippen LogP contribution in [0.3, 0.4) is 0 Å². The average molecular weight is 1160 g/mol. The van der Waals surface area contributed by atoms with E-state index >= 15 is 0 Å². The number of para-hydroxylation sites is 2. The highest BCUT2D eigenvalue weighted by Crippen LogP contribution is 2.35. The van der Waals surface area contributed by atoms with E-state index in [1.54, 1.807) is 72.0 Å². The first-order valence-corrected chi connectivity index (χ1v) is 27.2. The number of aromatic nitrogens is 8. The SMILES string of the molecule is CCCn1nnnc1[C@H](C)[C@@H](CC(C)C)C(=O)N[C@H]1N=C(c2ccc(C(F)(F)F)cc2)c2ccccc2N(C)C1=O.CCCn1nnnc1[C@H](C)[C@@H](CC(C)C)C(=O)O.CN1C(=O)[C@@H](N)N=C(c2ccc(C(F)(F)F)cc2)c2ccccc21. The molecule has 6 atom stereocenters. The molecule has 0 spiro atoms. The Morgan fingerprint density at radius 1 is 0.602 bits per heavy atom. The largest absolute Gasteiger partial charge is 0.481 e. The lowest BCUT2D eigenvalue weighted by atomic mass is 9.85. The van der Waals surface area contributed by atoms with Crippen molar-refractivity contribution in [1.29, 1.82) is 0 Å². The predicted octanol–water partition coefficient (Wildman–Crippen LogP) is 9.56. The summed E-state index contributed by atoms with van der Waals surface area (Å²) in [6.45, 7) is 17.2. The smallest absolute Gasteiger partial charge is 0.416 e. The van der Waals surface area contributed by atoms with Crippen LogP contribution in [0.15, 0.2) is 107 Å². The molecule has 4 aromatic carbocycles. The third-order valence-electron chi connectivity index (χ3n) is 14.1. The van der Waals surface area contributed by atoms with Gasteiger partial charge in [-0.15, -0.1) is 10.2 Å². The van der Waals surface area contributed by atoms with Crippen LogP contribution in [0.2, 0.25) is 0 Å². The number of aliphatic imine (C=N–C) groups is 2. The van der Waals surface area contributed by atoms with E-state index in [1.165, 1.54) is 34.1 Å². The number of hydrogen-bond donors (Lipinski definition) is 3. The van der Waals surface area contributed by atoms with Crippen LogP contribution < -0.4 is 20.9 Å². The Balaban J connectivity index is 0.000000222. The van der Waals surface area contributed by atoms with Crippen LogP contribution in [-0.4, -0.2) is 107 Å². The van der Waals surface area contributed by atoms with Gasteiger partial charge in [-0.2, -0.15) is 26.3 Å². The second kappa shape index (κ2) is 27.7. The Bertz CT molecular complexity index is 3250. The molecule has 4 heterocycles. The van der Waals surface area contributed by atoms with Crippen LogP contribution in [0.25, 0.3) is 0 Å². The highest BCUT2D eigenvalue weighted by atomic mass is 19.4. The molecule has 0 bridgehead atoms. The Morgan fingerprint density at radius 2 is 1.00 bits per heavy atom. The summed E-state index contributed by atoms with van der Waals surface area (Å²) in [5, 5.41) is 35.7. The fourth-order valence-corrected chi connectivity index (χ4v) is 9.75. The second-order valence-electron chi connectivity index (χ2n) is 21.2. The first kappa shape index (κ1) is 64.0. The topological polar surface area (TPSA) is 245 Å². The molecule has 2 aliphatic heterocycles. The van der Waals surface area contributed by atoms with Crippen molar-refractivity contribution in [2.45, 2.75) is 131 Å². The highest BCUT2D eigenvalue weighted by molar-refractivity contribution is 6.21. The highest BCUT2D eigenvalue weighted by Gasteiger charge is 2.38. The molecule has 0 aliphatic carbocycles. The number of nitrogens with zero attached hydrogens (tertiary/aromatic N) is 12. The maximum atomic E-state index is 13.8. The summed E-state index contributed by atoms with van der Waals surface area (Å²) in [5.74, 6) is -1.80. The summed E-state index contributed by atoms with van der Waals surface area (Å²) in [7, 11) is 3.17. The summed E-state index contributed by atoms with van der Waals surface area (Å²) >= 11 is 0. The molecule has 0 radical (unpaired) electrons. The fraction of sp³-hybridized carbons (Fsp3) is 0.448. The fourth-order valence-electron chi connectivity index (χ4n) is 9.75. The van der Waals surface area contributed by atoms with Crippen molar-refractivity contribution in [2.24, 2.45) is 39.4 Å². The lowest BCUT2D eigenvalue weighted by Crippen LogP contribution is -2.48. The molecule has 0 saturated heterocycles. The van der Waals surface area contributed by atoms with Crippen LogP contribution in [0.5, 0.6) is 0 Å². The second-order valence-corrected chi connectivity index (χ2v) is 21.2. The Labute approximate surface area is 477 Å². The van der Waals surface area contributed by atoms with E-state index in [1.807, 2.05) is 55.4 Å². The number of alkyl halides is 6. The third-order valence-corrected chi connectivity index (χ3v) is 14.1. The molecule has 4 N–H and O–H groups in total. The van der Waals surface area contributed by atoms with Gasteiger partial charge in [0.2, 0.25) is 12.1 Å². The molecule has 2 aromatic heterocycles. The molecule has 83 heavy (non-hydrogen) atoms. The molecule has 3 amide bonds. The van der Waals surface area contributed by atoms with Gasteiger partial charge in [0.25, 0.3) is 11.8 Å². The summed E-state index contributed by atoms with van der Waals surface area (Å²) < 4.78 is 81.3. The van der Waals surface area contributed by atoms with Gasteiger partial charge < -0.3 is 26.0 Å². The van der Waals surface area contributed by atoms with E-state index in [4.69, 9.17) is 5.73 Å². The van der Waals surface area contributed by atoms with E-state index in [0.717, 1.165) is 43.7 Å². The number of nitrogens with two attached hydrogens (primary N) is 1. The first-order valence-electron chi connectivity index (χ1n) is 27.2. The zero-order chi connectivity index (χ0) is 61.1. The normalized spacial score (nSPS) is 16.9. The van der Waals surface area contributed by atoms with Crippen molar-refractivity contribution in [2.75, 3.05) is 23.9 Å². The molecule has 25 heteroatoms. The Morgan fingerprint density at radius 3 is 1.41 bits per heavy atom. The van der Waals surface area contributed by atoms with Gasteiger partial charge in [0.15, 0.2) is 17.8 Å². The molecule has 6 aromatic rings.